The van der Waals surface area contributed by atoms with Crippen molar-refractivity contribution in [2.45, 2.75) is 37.6 Å². The molecule has 1 aliphatic rings. The summed E-state index contributed by atoms with van der Waals surface area (Å²) in [6.45, 7) is 0.423. The van der Waals surface area contributed by atoms with Gasteiger partial charge in [0, 0.05) is 12.7 Å². The summed E-state index contributed by atoms with van der Waals surface area (Å²) in [5.41, 5.74) is 0. The Kier molecular flexibility index (Phi) is 3.55. The Bertz CT molecular complexity index is 154. The summed E-state index contributed by atoms with van der Waals surface area (Å²) in [6.07, 6.45) is -2.92. The molecule has 78 valence electrons. The van der Waals surface area contributed by atoms with Crippen LogP contribution in [0.3, 0.4) is 0 Å². The summed E-state index contributed by atoms with van der Waals surface area (Å²) in [5, 5.41) is 3.33. The van der Waals surface area contributed by atoms with Gasteiger partial charge in [0.1, 0.15) is 0 Å². The van der Waals surface area contributed by atoms with Gasteiger partial charge in [-0.1, -0.05) is 0 Å². The van der Waals surface area contributed by atoms with E-state index < -0.39 is 18.3 Å². The van der Waals surface area contributed by atoms with E-state index in [0.29, 0.717) is 13.0 Å². The first-order valence-electron chi connectivity index (χ1n) is 4.33. The number of nitrogens with zero attached hydrogens (tertiary/aromatic N) is 1. The van der Waals surface area contributed by atoms with Gasteiger partial charge in [-0.3, -0.25) is 0 Å². The standard InChI is InChI=1S/C8H13F3NO/c1-12-7(8(9,10)11)6-4-2-3-5-13-6/h6-7H,2-5H2,1H3/q-1. The third kappa shape index (κ3) is 2.84. The van der Waals surface area contributed by atoms with Crippen LogP contribution in [0.15, 0.2) is 0 Å². The van der Waals surface area contributed by atoms with E-state index in [4.69, 9.17) is 4.74 Å². The van der Waals surface area contributed by atoms with Gasteiger partial charge < -0.3 is 10.1 Å². The summed E-state index contributed by atoms with van der Waals surface area (Å²) in [7, 11) is 1.19. The lowest BCUT2D eigenvalue weighted by Crippen LogP contribution is -2.42. The molecule has 13 heavy (non-hydrogen) atoms. The summed E-state index contributed by atoms with van der Waals surface area (Å²) in [4.78, 5) is 0. The van der Waals surface area contributed by atoms with Crippen LogP contribution in [0.4, 0.5) is 13.2 Å². The molecule has 0 saturated carbocycles. The number of halogens is 3. The van der Waals surface area contributed by atoms with Crippen molar-refractivity contribution in [3.63, 3.8) is 0 Å². The zero-order valence-corrected chi connectivity index (χ0v) is 7.47. The van der Waals surface area contributed by atoms with Crippen molar-refractivity contribution in [3.8, 4) is 0 Å². The first kappa shape index (κ1) is 10.8. The molecule has 1 rings (SSSR count). The largest absolute Gasteiger partial charge is 0.653 e. The molecule has 0 N–H and O–H groups in total. The lowest BCUT2D eigenvalue weighted by molar-refractivity contribution is -0.172. The minimum absolute atomic E-state index is 0.423. The minimum atomic E-state index is -4.27. The van der Waals surface area contributed by atoms with E-state index in [-0.39, 0.29) is 0 Å². The van der Waals surface area contributed by atoms with Gasteiger partial charge in [0.25, 0.3) is 0 Å². The van der Waals surface area contributed by atoms with Crippen LogP contribution in [0, 0.1) is 0 Å². The van der Waals surface area contributed by atoms with Crippen LogP contribution in [-0.4, -0.2) is 32.0 Å². The van der Waals surface area contributed by atoms with Gasteiger partial charge in [-0.25, -0.2) is 0 Å². The Hall–Kier alpha value is -0.290. The topological polar surface area (TPSA) is 23.3 Å². The fourth-order valence-corrected chi connectivity index (χ4v) is 1.54. The second kappa shape index (κ2) is 4.28. The fraction of sp³-hybridized carbons (Fsp3) is 1.00. The van der Waals surface area contributed by atoms with Crippen LogP contribution in [-0.2, 0) is 4.74 Å². The molecular formula is C8H13F3NO-. The van der Waals surface area contributed by atoms with Gasteiger partial charge in [-0.2, -0.15) is 20.2 Å². The average Bonchev–Trinajstić information content (AvgIpc) is 2.05. The van der Waals surface area contributed by atoms with E-state index in [2.05, 4.69) is 5.32 Å². The third-order valence-corrected chi connectivity index (χ3v) is 2.18. The van der Waals surface area contributed by atoms with Gasteiger partial charge >= 0.3 is 6.18 Å². The van der Waals surface area contributed by atoms with Crippen molar-refractivity contribution in [3.05, 3.63) is 5.32 Å². The summed E-state index contributed by atoms with van der Waals surface area (Å²) in [5.74, 6) is 0. The normalized spacial score (nSPS) is 27.2. The lowest BCUT2D eigenvalue weighted by Gasteiger charge is -2.39. The van der Waals surface area contributed by atoms with Gasteiger partial charge in [-0.05, 0) is 25.3 Å². The quantitative estimate of drug-likeness (QED) is 0.665. The molecule has 0 aromatic heterocycles. The number of alkyl halides is 3. The Morgan fingerprint density at radius 2 is 2.08 bits per heavy atom. The zero-order chi connectivity index (χ0) is 9.90. The minimum Gasteiger partial charge on any atom is -0.653 e. The maximum absolute atomic E-state index is 12.3. The smallest absolute Gasteiger partial charge is 0.376 e. The number of hydrogen-bond donors (Lipinski definition) is 0. The monoisotopic (exact) mass is 196 g/mol. The van der Waals surface area contributed by atoms with Crippen LogP contribution < -0.4 is 0 Å². The lowest BCUT2D eigenvalue weighted by atomic mass is 10.0. The first-order valence-corrected chi connectivity index (χ1v) is 4.33. The molecule has 0 aliphatic carbocycles. The van der Waals surface area contributed by atoms with Crippen molar-refractivity contribution < 1.29 is 17.9 Å². The maximum atomic E-state index is 12.3. The van der Waals surface area contributed by atoms with E-state index in [1.165, 1.54) is 7.05 Å². The average molecular weight is 196 g/mol. The van der Waals surface area contributed by atoms with Crippen LogP contribution in [0.2, 0.25) is 0 Å². The molecule has 1 saturated heterocycles. The van der Waals surface area contributed by atoms with Crippen molar-refractivity contribution >= 4 is 0 Å². The van der Waals surface area contributed by atoms with E-state index in [1.807, 2.05) is 0 Å². The Morgan fingerprint density at radius 1 is 1.38 bits per heavy atom. The molecule has 1 heterocycles. The summed E-state index contributed by atoms with van der Waals surface area (Å²) in [6, 6.07) is -1.65. The zero-order valence-electron chi connectivity index (χ0n) is 7.47. The molecule has 1 fully saturated rings. The highest BCUT2D eigenvalue weighted by Crippen LogP contribution is 2.32. The number of hydrogen-bond acceptors (Lipinski definition) is 1. The summed E-state index contributed by atoms with van der Waals surface area (Å²) >= 11 is 0. The van der Waals surface area contributed by atoms with Crippen LogP contribution in [0.25, 0.3) is 5.32 Å². The molecule has 0 spiro atoms. The molecule has 0 bridgehead atoms. The SMILES string of the molecule is C[N-]C(C1CCCCO1)C(F)(F)F. The Balaban J connectivity index is 2.54. The third-order valence-electron chi connectivity index (χ3n) is 2.18. The van der Waals surface area contributed by atoms with Crippen molar-refractivity contribution in [2.24, 2.45) is 0 Å². The van der Waals surface area contributed by atoms with Crippen molar-refractivity contribution in [2.75, 3.05) is 13.7 Å². The van der Waals surface area contributed by atoms with Crippen molar-refractivity contribution in [1.29, 1.82) is 0 Å². The fourth-order valence-electron chi connectivity index (χ4n) is 1.54. The number of rotatable bonds is 2. The second-order valence-corrected chi connectivity index (χ2v) is 3.15. The van der Waals surface area contributed by atoms with E-state index in [0.717, 1.165) is 12.8 Å². The molecule has 5 heteroatoms. The predicted molar refractivity (Wildman–Crippen MR) is 42.7 cm³/mol. The van der Waals surface area contributed by atoms with Crippen molar-refractivity contribution in [1.82, 2.24) is 0 Å². The van der Waals surface area contributed by atoms with E-state index >= 15 is 0 Å². The molecule has 0 aromatic rings. The number of likely N-dealkylation sites (N-methyl/N-ethyl adjacent to an activating group) is 1. The Morgan fingerprint density at radius 3 is 2.46 bits per heavy atom. The van der Waals surface area contributed by atoms with E-state index in [1.54, 1.807) is 0 Å². The first-order chi connectivity index (χ1) is 6.05. The van der Waals surface area contributed by atoms with Gasteiger partial charge in [0.2, 0.25) is 0 Å². The second-order valence-electron chi connectivity index (χ2n) is 3.15. The van der Waals surface area contributed by atoms with Crippen LogP contribution >= 0.6 is 0 Å². The van der Waals surface area contributed by atoms with Gasteiger partial charge in [0.15, 0.2) is 0 Å². The molecular weight excluding hydrogens is 183 g/mol. The molecule has 2 atom stereocenters. The maximum Gasteiger partial charge on any atom is 0.376 e. The molecule has 0 radical (unpaired) electrons. The number of ether oxygens (including phenoxy) is 1. The molecule has 1 aliphatic heterocycles. The molecule has 2 unspecified atom stereocenters. The van der Waals surface area contributed by atoms with Gasteiger partial charge in [-0.15, -0.1) is 0 Å². The van der Waals surface area contributed by atoms with Crippen LogP contribution in [0.5, 0.6) is 0 Å². The summed E-state index contributed by atoms with van der Waals surface area (Å²) < 4.78 is 42.0. The van der Waals surface area contributed by atoms with Crippen LogP contribution in [0.1, 0.15) is 19.3 Å². The molecule has 0 amide bonds. The highest BCUT2D eigenvalue weighted by Gasteiger charge is 2.38. The molecule has 2 nitrogen and oxygen atoms in total. The molecule has 0 aromatic carbocycles. The predicted octanol–water partition coefficient (Wildman–Crippen LogP) is 2.49. The van der Waals surface area contributed by atoms with Gasteiger partial charge in [0.05, 0.1) is 0 Å². The highest BCUT2D eigenvalue weighted by atomic mass is 19.4. The van der Waals surface area contributed by atoms with E-state index in [9.17, 15) is 13.2 Å². The highest BCUT2D eigenvalue weighted by molar-refractivity contribution is 4.98. The Labute approximate surface area is 75.4 Å².